The van der Waals surface area contributed by atoms with Crippen LogP contribution in [0.1, 0.15) is 41.9 Å². The number of hydrogen-bond donors (Lipinski definition) is 1. The number of fused-ring (bicyclic) bond motifs is 1. The molecule has 0 radical (unpaired) electrons. The lowest BCUT2D eigenvalue weighted by molar-refractivity contribution is 0.0331. The molecule has 0 unspecified atom stereocenters. The second-order valence-corrected chi connectivity index (χ2v) is 9.39. The van der Waals surface area contributed by atoms with E-state index in [9.17, 15) is 0 Å². The smallest absolute Gasteiger partial charge is 0.146 e. The first-order valence-electron chi connectivity index (χ1n) is 10.0. The molecule has 1 saturated heterocycles. The van der Waals surface area contributed by atoms with Crippen molar-refractivity contribution in [2.45, 2.75) is 52.1 Å². The summed E-state index contributed by atoms with van der Waals surface area (Å²) >= 11 is 1.81. The molecule has 0 amide bonds. The van der Waals surface area contributed by atoms with Crippen molar-refractivity contribution < 1.29 is 4.74 Å². The molecule has 140 valence electrons. The predicted octanol–water partition coefficient (Wildman–Crippen LogP) is 3.74. The van der Waals surface area contributed by atoms with Crippen molar-refractivity contribution in [3.05, 3.63) is 16.3 Å². The van der Waals surface area contributed by atoms with Gasteiger partial charge in [-0.25, -0.2) is 9.97 Å². The van der Waals surface area contributed by atoms with Crippen molar-refractivity contribution in [2.75, 3.05) is 31.6 Å². The molecule has 3 heterocycles. The average molecular weight is 373 g/mol. The van der Waals surface area contributed by atoms with Gasteiger partial charge < -0.3 is 10.1 Å². The Kier molecular flexibility index (Phi) is 4.38. The number of ether oxygens (including phenoxy) is 1. The van der Waals surface area contributed by atoms with Crippen LogP contribution in [-0.2, 0) is 11.3 Å². The summed E-state index contributed by atoms with van der Waals surface area (Å²) in [7, 11) is 0. The van der Waals surface area contributed by atoms with Crippen LogP contribution in [0.25, 0.3) is 10.2 Å². The Morgan fingerprint density at radius 2 is 1.81 bits per heavy atom. The molecule has 2 aliphatic carbocycles. The molecule has 5 rings (SSSR count). The Balaban J connectivity index is 1.48. The monoisotopic (exact) mass is 372 g/mol. The summed E-state index contributed by atoms with van der Waals surface area (Å²) < 4.78 is 5.48. The van der Waals surface area contributed by atoms with Crippen LogP contribution in [-0.4, -0.2) is 47.2 Å². The third-order valence-electron chi connectivity index (χ3n) is 6.11. The third kappa shape index (κ3) is 3.35. The maximum Gasteiger partial charge on any atom is 0.146 e. The van der Waals surface area contributed by atoms with Crippen molar-refractivity contribution in [1.29, 1.82) is 0 Å². The van der Waals surface area contributed by atoms with Gasteiger partial charge in [0.05, 0.1) is 25.1 Å². The number of rotatable bonds is 6. The van der Waals surface area contributed by atoms with E-state index in [2.05, 4.69) is 24.1 Å². The fraction of sp³-hybridized carbons (Fsp3) is 0.700. The molecule has 5 nitrogen and oxygen atoms in total. The van der Waals surface area contributed by atoms with Gasteiger partial charge in [0.2, 0.25) is 0 Å². The summed E-state index contributed by atoms with van der Waals surface area (Å²) in [4.78, 5) is 14.9. The van der Waals surface area contributed by atoms with Crippen LogP contribution in [0.4, 0.5) is 5.82 Å². The zero-order chi connectivity index (χ0) is 17.7. The molecule has 1 N–H and O–H groups in total. The van der Waals surface area contributed by atoms with Crippen LogP contribution in [0.3, 0.4) is 0 Å². The molecular weight excluding hydrogens is 344 g/mol. The maximum absolute atomic E-state index is 5.48. The van der Waals surface area contributed by atoms with Gasteiger partial charge in [-0.2, -0.15) is 0 Å². The van der Waals surface area contributed by atoms with Crippen molar-refractivity contribution in [1.82, 2.24) is 14.9 Å². The minimum Gasteiger partial charge on any atom is -0.379 e. The van der Waals surface area contributed by atoms with Crippen LogP contribution < -0.4 is 5.32 Å². The van der Waals surface area contributed by atoms with Crippen molar-refractivity contribution in [3.8, 4) is 0 Å². The van der Waals surface area contributed by atoms with Crippen molar-refractivity contribution in [2.24, 2.45) is 11.8 Å². The van der Waals surface area contributed by atoms with Gasteiger partial charge in [0.25, 0.3) is 0 Å². The molecule has 0 aromatic carbocycles. The van der Waals surface area contributed by atoms with Gasteiger partial charge in [-0.15, -0.1) is 11.3 Å². The molecule has 26 heavy (non-hydrogen) atoms. The summed E-state index contributed by atoms with van der Waals surface area (Å²) in [5, 5.41) is 5.14. The lowest BCUT2D eigenvalue weighted by atomic mass is 10.1. The number of anilines is 1. The second-order valence-electron chi connectivity index (χ2n) is 8.19. The number of morpholine rings is 1. The Morgan fingerprint density at radius 1 is 1.12 bits per heavy atom. The summed E-state index contributed by atoms with van der Waals surface area (Å²) in [6, 6.07) is 0.615. The van der Waals surface area contributed by atoms with E-state index < -0.39 is 0 Å². The molecule has 3 aliphatic rings. The van der Waals surface area contributed by atoms with E-state index in [4.69, 9.17) is 14.7 Å². The van der Waals surface area contributed by atoms with Gasteiger partial charge in [-0.1, -0.05) is 0 Å². The number of aryl methyl sites for hydroxylation is 2. The topological polar surface area (TPSA) is 50.3 Å². The first-order valence-corrected chi connectivity index (χ1v) is 10.8. The van der Waals surface area contributed by atoms with Gasteiger partial charge in [-0.05, 0) is 56.9 Å². The fourth-order valence-corrected chi connectivity index (χ4v) is 5.17. The summed E-state index contributed by atoms with van der Waals surface area (Å²) in [5.74, 6) is 3.75. The summed E-state index contributed by atoms with van der Waals surface area (Å²) in [5.41, 5.74) is 1.34. The molecule has 2 aromatic heterocycles. The van der Waals surface area contributed by atoms with Crippen LogP contribution >= 0.6 is 11.3 Å². The highest BCUT2D eigenvalue weighted by atomic mass is 32.1. The number of aromatic nitrogens is 2. The lowest BCUT2D eigenvalue weighted by Gasteiger charge is -2.26. The number of hydrogen-bond acceptors (Lipinski definition) is 6. The van der Waals surface area contributed by atoms with Gasteiger partial charge in [0, 0.05) is 24.0 Å². The van der Waals surface area contributed by atoms with Gasteiger partial charge in [-0.3, -0.25) is 4.90 Å². The summed E-state index contributed by atoms with van der Waals surface area (Å²) in [6.45, 7) is 8.81. The lowest BCUT2D eigenvalue weighted by Crippen LogP contribution is -2.36. The Hall–Kier alpha value is -1.24. The van der Waals surface area contributed by atoms with Gasteiger partial charge >= 0.3 is 0 Å². The summed E-state index contributed by atoms with van der Waals surface area (Å²) in [6.07, 6.45) is 5.52. The molecule has 1 aliphatic heterocycles. The minimum atomic E-state index is 0.615. The highest BCUT2D eigenvalue weighted by Crippen LogP contribution is 2.46. The zero-order valence-corrected chi connectivity index (χ0v) is 16.6. The zero-order valence-electron chi connectivity index (χ0n) is 15.8. The fourth-order valence-electron chi connectivity index (χ4n) is 4.12. The average Bonchev–Trinajstić information content (AvgIpc) is 3.54. The molecule has 2 aromatic rings. The van der Waals surface area contributed by atoms with E-state index in [-0.39, 0.29) is 0 Å². The van der Waals surface area contributed by atoms with E-state index in [1.165, 1.54) is 41.5 Å². The minimum absolute atomic E-state index is 0.615. The van der Waals surface area contributed by atoms with Gasteiger partial charge in [0.1, 0.15) is 16.5 Å². The van der Waals surface area contributed by atoms with Crippen molar-refractivity contribution >= 4 is 27.4 Å². The largest absolute Gasteiger partial charge is 0.379 e. The number of nitrogens with zero attached hydrogens (tertiary/aromatic N) is 3. The van der Waals surface area contributed by atoms with E-state index in [1.807, 2.05) is 11.3 Å². The Morgan fingerprint density at radius 3 is 2.46 bits per heavy atom. The molecule has 0 atom stereocenters. The highest BCUT2D eigenvalue weighted by Gasteiger charge is 2.42. The van der Waals surface area contributed by atoms with Gasteiger partial charge in [0.15, 0.2) is 0 Å². The van der Waals surface area contributed by atoms with Crippen LogP contribution in [0.5, 0.6) is 0 Å². The SMILES string of the molecule is Cc1sc2nc(CN3CCOCC3)nc(NC(C3CC3)C3CC3)c2c1C. The highest BCUT2D eigenvalue weighted by molar-refractivity contribution is 7.18. The van der Waals surface area contributed by atoms with Crippen LogP contribution in [0, 0.1) is 25.7 Å². The van der Waals surface area contributed by atoms with E-state index in [0.29, 0.717) is 6.04 Å². The normalized spacial score (nSPS) is 21.7. The Bertz CT molecular complexity index is 794. The van der Waals surface area contributed by atoms with E-state index in [0.717, 1.165) is 61.2 Å². The number of nitrogens with one attached hydrogen (secondary N) is 1. The molecular formula is C20H28N4OS. The number of thiophene rings is 1. The standard InChI is InChI=1S/C20H28N4OS/c1-12-13(2)26-20-17(12)19(23-18(14-3-4-14)15-5-6-15)21-16(22-20)11-24-7-9-25-10-8-24/h14-15,18H,3-11H2,1-2H3,(H,21,22,23). The first kappa shape index (κ1) is 16.9. The van der Waals surface area contributed by atoms with Crippen LogP contribution in [0.2, 0.25) is 0 Å². The van der Waals surface area contributed by atoms with E-state index >= 15 is 0 Å². The molecule has 3 fully saturated rings. The molecule has 6 heteroatoms. The molecule has 0 spiro atoms. The van der Waals surface area contributed by atoms with Crippen molar-refractivity contribution in [3.63, 3.8) is 0 Å². The molecule has 2 saturated carbocycles. The maximum atomic E-state index is 5.48. The third-order valence-corrected chi connectivity index (χ3v) is 7.21. The first-order chi connectivity index (χ1) is 12.7. The van der Waals surface area contributed by atoms with Crippen LogP contribution in [0.15, 0.2) is 0 Å². The molecule has 0 bridgehead atoms. The predicted molar refractivity (Wildman–Crippen MR) is 106 cm³/mol. The Labute approximate surface area is 159 Å². The van der Waals surface area contributed by atoms with E-state index in [1.54, 1.807) is 0 Å². The second kappa shape index (κ2) is 6.73. The quantitative estimate of drug-likeness (QED) is 0.837.